The molecule has 1 saturated heterocycles. The molecule has 1 fully saturated rings. The zero-order valence-corrected chi connectivity index (χ0v) is 7.60. The highest BCUT2D eigenvalue weighted by molar-refractivity contribution is 4.66. The van der Waals surface area contributed by atoms with Crippen molar-refractivity contribution < 1.29 is 4.74 Å². The molecule has 1 unspecified atom stereocenters. The molecule has 0 bridgehead atoms. The zero-order valence-electron chi connectivity index (χ0n) is 7.60. The molecular formula is C9H19NO. The predicted octanol–water partition coefficient (Wildman–Crippen LogP) is 1.41. The van der Waals surface area contributed by atoms with Gasteiger partial charge in [0, 0.05) is 13.2 Å². The second-order valence-corrected chi connectivity index (χ2v) is 3.68. The minimum absolute atomic E-state index is 0.456. The van der Waals surface area contributed by atoms with Gasteiger partial charge in [-0.25, -0.2) is 0 Å². The summed E-state index contributed by atoms with van der Waals surface area (Å²) in [5.74, 6) is 0.750. The first-order valence-electron chi connectivity index (χ1n) is 4.61. The molecule has 0 spiro atoms. The summed E-state index contributed by atoms with van der Waals surface area (Å²) in [5, 5.41) is 3.38. The number of rotatable bonds is 2. The second kappa shape index (κ2) is 4.73. The van der Waals surface area contributed by atoms with Crippen molar-refractivity contribution in [1.29, 1.82) is 0 Å². The third-order valence-electron chi connectivity index (χ3n) is 1.96. The van der Waals surface area contributed by atoms with Crippen LogP contribution in [0.25, 0.3) is 0 Å². The minimum atomic E-state index is 0.456. The molecule has 0 radical (unpaired) electrons. The lowest BCUT2D eigenvalue weighted by molar-refractivity contribution is 0.0526. The molecule has 11 heavy (non-hydrogen) atoms. The normalized spacial score (nSPS) is 27.0. The maximum absolute atomic E-state index is 5.65. The Labute approximate surface area is 69.3 Å². The summed E-state index contributed by atoms with van der Waals surface area (Å²) in [5.41, 5.74) is 0. The maximum atomic E-state index is 5.65. The molecule has 1 N–H and O–H groups in total. The van der Waals surface area contributed by atoms with Gasteiger partial charge < -0.3 is 10.1 Å². The summed E-state index contributed by atoms with van der Waals surface area (Å²) in [6.45, 7) is 7.58. The van der Waals surface area contributed by atoms with Crippen molar-refractivity contribution in [1.82, 2.24) is 5.32 Å². The van der Waals surface area contributed by atoms with Crippen LogP contribution in [0.3, 0.4) is 0 Å². The van der Waals surface area contributed by atoms with Gasteiger partial charge in [0.15, 0.2) is 0 Å². The number of ether oxygens (including phenoxy) is 1. The van der Waals surface area contributed by atoms with Gasteiger partial charge in [-0.3, -0.25) is 0 Å². The molecule has 1 atom stereocenters. The van der Waals surface area contributed by atoms with Gasteiger partial charge in [0.25, 0.3) is 0 Å². The second-order valence-electron chi connectivity index (χ2n) is 3.68. The maximum Gasteiger partial charge on any atom is 0.0701 e. The van der Waals surface area contributed by atoms with Crippen molar-refractivity contribution in [2.24, 2.45) is 5.92 Å². The van der Waals surface area contributed by atoms with Gasteiger partial charge in [-0.1, -0.05) is 13.8 Å². The molecule has 0 aromatic rings. The molecule has 0 saturated carbocycles. The molecule has 1 heterocycles. The van der Waals surface area contributed by atoms with E-state index in [0.29, 0.717) is 6.10 Å². The van der Waals surface area contributed by atoms with Gasteiger partial charge in [-0.15, -0.1) is 0 Å². The standard InChI is InChI=1S/C9H19NO/c1-8(2)6-9-7-10-4-3-5-11-9/h8-10H,3-7H2,1-2H3. The Kier molecular flexibility index (Phi) is 3.87. The molecule has 0 aliphatic carbocycles. The largest absolute Gasteiger partial charge is 0.377 e. The first-order valence-corrected chi connectivity index (χ1v) is 4.61. The highest BCUT2D eigenvalue weighted by Gasteiger charge is 2.12. The highest BCUT2D eigenvalue weighted by atomic mass is 16.5. The van der Waals surface area contributed by atoms with Gasteiger partial charge in [0.05, 0.1) is 6.10 Å². The van der Waals surface area contributed by atoms with Crippen LogP contribution in [0, 0.1) is 5.92 Å². The van der Waals surface area contributed by atoms with Crippen molar-refractivity contribution in [2.45, 2.75) is 32.8 Å². The summed E-state index contributed by atoms with van der Waals surface area (Å²) < 4.78 is 5.65. The summed E-state index contributed by atoms with van der Waals surface area (Å²) in [6, 6.07) is 0. The molecule has 0 amide bonds. The van der Waals surface area contributed by atoms with Crippen molar-refractivity contribution in [3.05, 3.63) is 0 Å². The third kappa shape index (κ3) is 3.73. The lowest BCUT2D eigenvalue weighted by Gasteiger charge is -2.16. The SMILES string of the molecule is CC(C)CC1CNCCCO1. The number of nitrogens with one attached hydrogen (secondary N) is 1. The van der Waals surface area contributed by atoms with E-state index >= 15 is 0 Å². The van der Waals surface area contributed by atoms with E-state index in [1.807, 2.05) is 0 Å². The van der Waals surface area contributed by atoms with E-state index < -0.39 is 0 Å². The van der Waals surface area contributed by atoms with Crippen molar-refractivity contribution >= 4 is 0 Å². The zero-order chi connectivity index (χ0) is 8.10. The Morgan fingerprint density at radius 3 is 3.09 bits per heavy atom. The van der Waals surface area contributed by atoms with Crippen LogP contribution in [-0.4, -0.2) is 25.8 Å². The Morgan fingerprint density at radius 2 is 2.36 bits per heavy atom. The van der Waals surface area contributed by atoms with Crippen LogP contribution in [0.2, 0.25) is 0 Å². The van der Waals surface area contributed by atoms with Gasteiger partial charge >= 0.3 is 0 Å². The number of hydrogen-bond donors (Lipinski definition) is 1. The fraction of sp³-hybridized carbons (Fsp3) is 1.00. The molecule has 2 nitrogen and oxygen atoms in total. The topological polar surface area (TPSA) is 21.3 Å². The van der Waals surface area contributed by atoms with Gasteiger partial charge in [0.1, 0.15) is 0 Å². The molecule has 0 aromatic carbocycles. The monoisotopic (exact) mass is 157 g/mol. The molecule has 1 aliphatic rings. The van der Waals surface area contributed by atoms with E-state index in [-0.39, 0.29) is 0 Å². The van der Waals surface area contributed by atoms with E-state index in [9.17, 15) is 0 Å². The molecule has 2 heteroatoms. The Balaban J connectivity index is 2.20. The van der Waals surface area contributed by atoms with Crippen LogP contribution in [0.4, 0.5) is 0 Å². The Bertz CT molecular complexity index is 95.7. The molecule has 1 rings (SSSR count). The summed E-state index contributed by atoms with van der Waals surface area (Å²) >= 11 is 0. The summed E-state index contributed by atoms with van der Waals surface area (Å²) in [4.78, 5) is 0. The smallest absolute Gasteiger partial charge is 0.0701 e. The molecule has 1 aliphatic heterocycles. The summed E-state index contributed by atoms with van der Waals surface area (Å²) in [7, 11) is 0. The quantitative estimate of drug-likeness (QED) is 0.654. The first kappa shape index (κ1) is 9.01. The molecular weight excluding hydrogens is 138 g/mol. The average molecular weight is 157 g/mol. The minimum Gasteiger partial charge on any atom is -0.377 e. The fourth-order valence-electron chi connectivity index (χ4n) is 1.45. The lowest BCUT2D eigenvalue weighted by atomic mass is 10.1. The Morgan fingerprint density at radius 1 is 1.55 bits per heavy atom. The van der Waals surface area contributed by atoms with E-state index in [0.717, 1.165) is 32.0 Å². The van der Waals surface area contributed by atoms with Crippen LogP contribution in [0.15, 0.2) is 0 Å². The van der Waals surface area contributed by atoms with Crippen molar-refractivity contribution in [3.63, 3.8) is 0 Å². The molecule has 0 aromatic heterocycles. The van der Waals surface area contributed by atoms with Crippen LogP contribution in [-0.2, 0) is 4.74 Å². The first-order chi connectivity index (χ1) is 5.29. The van der Waals surface area contributed by atoms with Crippen LogP contribution in [0.5, 0.6) is 0 Å². The van der Waals surface area contributed by atoms with Crippen LogP contribution >= 0.6 is 0 Å². The Hall–Kier alpha value is -0.0800. The fourth-order valence-corrected chi connectivity index (χ4v) is 1.45. The van der Waals surface area contributed by atoms with E-state index in [1.54, 1.807) is 0 Å². The van der Waals surface area contributed by atoms with Crippen LogP contribution < -0.4 is 5.32 Å². The van der Waals surface area contributed by atoms with Gasteiger partial charge in [-0.05, 0) is 25.3 Å². The summed E-state index contributed by atoms with van der Waals surface area (Å²) in [6.07, 6.45) is 2.80. The lowest BCUT2D eigenvalue weighted by Crippen LogP contribution is -2.27. The predicted molar refractivity (Wildman–Crippen MR) is 46.7 cm³/mol. The van der Waals surface area contributed by atoms with Crippen molar-refractivity contribution in [3.8, 4) is 0 Å². The average Bonchev–Trinajstić information content (AvgIpc) is 2.14. The van der Waals surface area contributed by atoms with E-state index in [2.05, 4.69) is 19.2 Å². The van der Waals surface area contributed by atoms with Crippen molar-refractivity contribution in [2.75, 3.05) is 19.7 Å². The molecule has 66 valence electrons. The number of hydrogen-bond acceptors (Lipinski definition) is 2. The van der Waals surface area contributed by atoms with E-state index in [4.69, 9.17) is 4.74 Å². The van der Waals surface area contributed by atoms with Gasteiger partial charge in [-0.2, -0.15) is 0 Å². The van der Waals surface area contributed by atoms with Gasteiger partial charge in [0.2, 0.25) is 0 Å². The third-order valence-corrected chi connectivity index (χ3v) is 1.96. The van der Waals surface area contributed by atoms with Crippen LogP contribution in [0.1, 0.15) is 26.7 Å². The highest BCUT2D eigenvalue weighted by Crippen LogP contribution is 2.09. The van der Waals surface area contributed by atoms with E-state index in [1.165, 1.54) is 6.42 Å².